The summed E-state index contributed by atoms with van der Waals surface area (Å²) in [4.78, 5) is 19.5. The molecule has 0 spiro atoms. The summed E-state index contributed by atoms with van der Waals surface area (Å²) in [6.45, 7) is 9.98. The van der Waals surface area contributed by atoms with Crippen LogP contribution in [0.3, 0.4) is 0 Å². The molecule has 0 unspecified atom stereocenters. The maximum Gasteiger partial charge on any atom is 0.275 e. The Labute approximate surface area is 179 Å². The molecule has 0 fully saturated rings. The fraction of sp³-hybridized carbons (Fsp3) is 0.346. The van der Waals surface area contributed by atoms with Gasteiger partial charge in [0.25, 0.3) is 5.91 Å². The highest BCUT2D eigenvalue weighted by Crippen LogP contribution is 2.31. The quantitative estimate of drug-likeness (QED) is 0.448. The Morgan fingerprint density at radius 3 is 2.23 bits per heavy atom. The predicted molar refractivity (Wildman–Crippen MR) is 121 cm³/mol. The first-order chi connectivity index (χ1) is 14.3. The lowest BCUT2D eigenvalue weighted by Crippen LogP contribution is -2.44. The highest BCUT2D eigenvalue weighted by atomic mass is 16.7. The van der Waals surface area contributed by atoms with Crippen molar-refractivity contribution in [1.29, 1.82) is 0 Å². The van der Waals surface area contributed by atoms with E-state index in [1.165, 1.54) is 5.06 Å². The van der Waals surface area contributed by atoms with E-state index in [9.17, 15) is 4.79 Å². The summed E-state index contributed by atoms with van der Waals surface area (Å²) in [6, 6.07) is 23.9. The molecule has 3 aromatic rings. The summed E-state index contributed by atoms with van der Waals surface area (Å²) in [6.07, 6.45) is -0.634. The van der Waals surface area contributed by atoms with Gasteiger partial charge in [0.2, 0.25) is 0 Å². The van der Waals surface area contributed by atoms with Crippen LogP contribution in [0.2, 0.25) is 0 Å². The molecule has 4 nitrogen and oxygen atoms in total. The highest BCUT2D eigenvalue weighted by Gasteiger charge is 2.32. The van der Waals surface area contributed by atoms with E-state index >= 15 is 0 Å². The van der Waals surface area contributed by atoms with Crippen LogP contribution in [0.5, 0.6) is 0 Å². The van der Waals surface area contributed by atoms with Crippen LogP contribution in [0.4, 0.5) is 0 Å². The summed E-state index contributed by atoms with van der Waals surface area (Å²) in [5, 5.41) is 3.73. The second-order valence-electron chi connectivity index (χ2n) is 8.55. The minimum atomic E-state index is -0.634. The van der Waals surface area contributed by atoms with Gasteiger partial charge in [-0.25, -0.2) is 5.06 Å². The third-order valence-electron chi connectivity index (χ3n) is 4.91. The van der Waals surface area contributed by atoms with Gasteiger partial charge in [0.1, 0.15) is 6.10 Å². The Bertz CT molecular complexity index is 973. The van der Waals surface area contributed by atoms with Gasteiger partial charge >= 0.3 is 0 Å². The predicted octanol–water partition coefficient (Wildman–Crippen LogP) is 6.06. The lowest BCUT2D eigenvalue weighted by Gasteiger charge is -2.36. The van der Waals surface area contributed by atoms with Gasteiger partial charge in [0.05, 0.1) is 18.2 Å². The Kier molecular flexibility index (Phi) is 6.91. The molecule has 0 radical (unpaired) electrons. The van der Waals surface area contributed by atoms with Crippen LogP contribution in [0.25, 0.3) is 10.8 Å². The van der Waals surface area contributed by atoms with Crippen LogP contribution in [0, 0.1) is 0 Å². The summed E-state index contributed by atoms with van der Waals surface area (Å²) < 4.78 is 5.89. The molecule has 158 valence electrons. The van der Waals surface area contributed by atoms with E-state index in [1.807, 2.05) is 76.2 Å². The van der Waals surface area contributed by atoms with E-state index in [0.717, 1.165) is 21.9 Å². The zero-order chi connectivity index (χ0) is 21.7. The summed E-state index contributed by atoms with van der Waals surface area (Å²) >= 11 is 0. The van der Waals surface area contributed by atoms with Crippen molar-refractivity contribution >= 4 is 16.7 Å². The van der Waals surface area contributed by atoms with Gasteiger partial charge in [-0.1, -0.05) is 72.8 Å². The van der Waals surface area contributed by atoms with Crippen molar-refractivity contribution in [2.45, 2.75) is 59.0 Å². The number of carbonyl (C=O) groups is 1. The molecule has 1 amide bonds. The van der Waals surface area contributed by atoms with Gasteiger partial charge in [-0.3, -0.25) is 9.63 Å². The molecule has 0 aliphatic rings. The maximum atomic E-state index is 13.4. The molecule has 0 aliphatic heterocycles. The summed E-state index contributed by atoms with van der Waals surface area (Å²) in [5.41, 5.74) is 1.55. The maximum absolute atomic E-state index is 13.4. The molecule has 0 aromatic heterocycles. The third kappa shape index (κ3) is 5.47. The molecule has 0 bridgehead atoms. The van der Waals surface area contributed by atoms with Gasteiger partial charge in [0, 0.05) is 0 Å². The molecular weight excluding hydrogens is 374 g/mol. The van der Waals surface area contributed by atoms with E-state index in [2.05, 4.69) is 24.3 Å². The zero-order valence-electron chi connectivity index (χ0n) is 18.5. The number of nitrogens with zero attached hydrogens (tertiary/aromatic N) is 1. The normalized spacial score (nSPS) is 13.8. The fourth-order valence-corrected chi connectivity index (χ4v) is 3.40. The Balaban J connectivity index is 1.85. The first-order valence-corrected chi connectivity index (χ1v) is 10.4. The van der Waals surface area contributed by atoms with Crippen molar-refractivity contribution in [1.82, 2.24) is 5.06 Å². The van der Waals surface area contributed by atoms with Crippen molar-refractivity contribution in [3.63, 3.8) is 0 Å². The average molecular weight is 406 g/mol. The number of carbonyl (C=O) groups excluding carboxylic acids is 1. The number of rotatable bonds is 7. The van der Waals surface area contributed by atoms with Crippen LogP contribution in [-0.2, 0) is 21.0 Å². The molecule has 3 rings (SSSR count). The Hall–Kier alpha value is -2.69. The SMILES string of the molecule is C[C@H](OCc1ccccc1)C(=O)N(OC(C)(C)C)[C@@H](C)c1cccc2ccccc12. The zero-order valence-corrected chi connectivity index (χ0v) is 18.5. The second-order valence-corrected chi connectivity index (χ2v) is 8.55. The van der Waals surface area contributed by atoms with Gasteiger partial charge in [-0.15, -0.1) is 0 Å². The average Bonchev–Trinajstić information content (AvgIpc) is 2.74. The van der Waals surface area contributed by atoms with Crippen molar-refractivity contribution in [2.75, 3.05) is 0 Å². The van der Waals surface area contributed by atoms with Gasteiger partial charge in [0.15, 0.2) is 0 Å². The number of benzene rings is 3. The van der Waals surface area contributed by atoms with Crippen LogP contribution in [0.15, 0.2) is 72.8 Å². The largest absolute Gasteiger partial charge is 0.364 e. The third-order valence-corrected chi connectivity index (χ3v) is 4.91. The van der Waals surface area contributed by atoms with Crippen molar-refractivity contribution in [3.8, 4) is 0 Å². The van der Waals surface area contributed by atoms with Crippen LogP contribution in [-0.4, -0.2) is 22.7 Å². The number of fused-ring (bicyclic) bond motifs is 1. The smallest absolute Gasteiger partial charge is 0.275 e. The highest BCUT2D eigenvalue weighted by molar-refractivity contribution is 5.87. The number of hydrogen-bond donors (Lipinski definition) is 0. The van der Waals surface area contributed by atoms with Crippen LogP contribution >= 0.6 is 0 Å². The molecule has 2 atom stereocenters. The van der Waals surface area contributed by atoms with E-state index in [1.54, 1.807) is 6.92 Å². The Morgan fingerprint density at radius 2 is 1.53 bits per heavy atom. The van der Waals surface area contributed by atoms with E-state index < -0.39 is 11.7 Å². The molecule has 30 heavy (non-hydrogen) atoms. The number of amides is 1. The van der Waals surface area contributed by atoms with E-state index in [0.29, 0.717) is 6.61 Å². The molecule has 4 heteroatoms. The number of hydroxylamine groups is 2. The lowest BCUT2D eigenvalue weighted by atomic mass is 9.99. The molecular formula is C26H31NO3. The van der Waals surface area contributed by atoms with Crippen molar-refractivity contribution in [3.05, 3.63) is 83.9 Å². The molecule has 0 aliphatic carbocycles. The fourth-order valence-electron chi connectivity index (χ4n) is 3.40. The lowest BCUT2D eigenvalue weighted by molar-refractivity contribution is -0.248. The molecule has 3 aromatic carbocycles. The van der Waals surface area contributed by atoms with Gasteiger partial charge in [-0.2, -0.15) is 0 Å². The minimum absolute atomic E-state index is 0.193. The Morgan fingerprint density at radius 1 is 0.900 bits per heavy atom. The number of ether oxygens (including phenoxy) is 1. The topological polar surface area (TPSA) is 38.8 Å². The molecule has 0 heterocycles. The van der Waals surface area contributed by atoms with Gasteiger partial charge < -0.3 is 4.74 Å². The van der Waals surface area contributed by atoms with E-state index in [4.69, 9.17) is 9.57 Å². The molecule has 0 N–H and O–H groups in total. The standard InChI is InChI=1S/C26H31NO3/c1-19(23-17-11-15-22-14-9-10-16-24(22)23)27(30-26(3,4)5)25(28)20(2)29-18-21-12-7-6-8-13-21/h6-17,19-20H,18H2,1-5H3/t19-,20-/m0/s1. The minimum Gasteiger partial charge on any atom is -0.364 e. The monoisotopic (exact) mass is 405 g/mol. The number of hydrogen-bond acceptors (Lipinski definition) is 3. The first-order valence-electron chi connectivity index (χ1n) is 10.4. The van der Waals surface area contributed by atoms with Crippen molar-refractivity contribution in [2.24, 2.45) is 0 Å². The summed E-state index contributed by atoms with van der Waals surface area (Å²) in [7, 11) is 0. The van der Waals surface area contributed by atoms with Crippen molar-refractivity contribution < 1.29 is 14.4 Å². The molecule has 0 saturated heterocycles. The van der Waals surface area contributed by atoms with Crippen LogP contribution < -0.4 is 0 Å². The van der Waals surface area contributed by atoms with E-state index in [-0.39, 0.29) is 11.9 Å². The van der Waals surface area contributed by atoms with Gasteiger partial charge in [-0.05, 0) is 56.5 Å². The van der Waals surface area contributed by atoms with Crippen LogP contribution in [0.1, 0.15) is 51.8 Å². The summed E-state index contributed by atoms with van der Waals surface area (Å²) in [5.74, 6) is -0.193. The second kappa shape index (κ2) is 9.41. The first kappa shape index (κ1) is 22.0. The molecule has 0 saturated carbocycles.